The summed E-state index contributed by atoms with van der Waals surface area (Å²) in [5.74, 6) is -1.28. The van der Waals surface area contributed by atoms with E-state index in [1.165, 1.54) is 6.26 Å². The van der Waals surface area contributed by atoms with Crippen LogP contribution in [0.4, 0.5) is 0 Å². The van der Waals surface area contributed by atoms with Crippen molar-refractivity contribution in [2.24, 2.45) is 0 Å². The summed E-state index contributed by atoms with van der Waals surface area (Å²) in [4.78, 5) is 23.7. The first-order chi connectivity index (χ1) is 9.68. The molecule has 0 amide bonds. The van der Waals surface area contributed by atoms with Crippen LogP contribution in [0.15, 0.2) is 34.9 Å². The minimum absolute atomic E-state index is 0.202. The van der Waals surface area contributed by atoms with Gasteiger partial charge in [-0.3, -0.25) is 9.59 Å². The largest absolute Gasteiger partial charge is 0.481 e. The van der Waals surface area contributed by atoms with Crippen molar-refractivity contribution in [3.8, 4) is 0 Å². The van der Waals surface area contributed by atoms with Crippen LogP contribution in [-0.2, 0) is 11.3 Å². The molecule has 0 saturated carbocycles. The van der Waals surface area contributed by atoms with Crippen LogP contribution < -0.4 is 0 Å². The Bertz CT molecular complexity index is 639. The number of furan rings is 1. The fourth-order valence-electron chi connectivity index (χ4n) is 2.79. The van der Waals surface area contributed by atoms with E-state index in [4.69, 9.17) is 4.42 Å². The van der Waals surface area contributed by atoms with Gasteiger partial charge in [0.2, 0.25) is 5.78 Å². The van der Waals surface area contributed by atoms with Gasteiger partial charge >= 0.3 is 5.97 Å². The molecule has 0 fully saturated rings. The zero-order valence-corrected chi connectivity index (χ0v) is 10.9. The standard InChI is InChI=1S/C15H15NO4/c17-14(13-5-3-9-20-13)12-7-6-11-10(15(18)19)4-1-2-8-16(11)12/h3,5-7,9-10H,1-2,4,8H2,(H,18,19). The topological polar surface area (TPSA) is 72.4 Å². The Morgan fingerprint density at radius 3 is 2.80 bits per heavy atom. The van der Waals surface area contributed by atoms with Crippen molar-refractivity contribution in [1.29, 1.82) is 0 Å². The van der Waals surface area contributed by atoms with Gasteiger partial charge < -0.3 is 14.1 Å². The number of aromatic nitrogens is 1. The lowest BCUT2D eigenvalue weighted by atomic mass is 10.0. The average Bonchev–Trinajstić information content (AvgIpc) is 3.04. The molecule has 1 atom stereocenters. The maximum absolute atomic E-state index is 12.4. The third-order valence-electron chi connectivity index (χ3n) is 3.77. The summed E-state index contributed by atoms with van der Waals surface area (Å²) in [5, 5.41) is 9.33. The van der Waals surface area contributed by atoms with Gasteiger partial charge in [-0.15, -0.1) is 0 Å². The molecule has 5 heteroatoms. The lowest BCUT2D eigenvalue weighted by molar-refractivity contribution is -0.139. The first-order valence-corrected chi connectivity index (χ1v) is 6.69. The molecule has 0 aromatic carbocycles. The first-order valence-electron chi connectivity index (χ1n) is 6.69. The Hall–Kier alpha value is -2.30. The summed E-state index contributed by atoms with van der Waals surface area (Å²) < 4.78 is 6.97. The number of nitrogens with zero attached hydrogens (tertiary/aromatic N) is 1. The molecule has 1 aliphatic heterocycles. The molecule has 3 heterocycles. The zero-order valence-electron chi connectivity index (χ0n) is 10.9. The highest BCUT2D eigenvalue weighted by atomic mass is 16.4. The number of carbonyl (C=O) groups is 2. The van der Waals surface area contributed by atoms with Crippen LogP contribution in [0.1, 0.15) is 47.1 Å². The number of hydrogen-bond donors (Lipinski definition) is 1. The van der Waals surface area contributed by atoms with Crippen molar-refractivity contribution < 1.29 is 19.1 Å². The predicted molar refractivity (Wildman–Crippen MR) is 70.8 cm³/mol. The number of fused-ring (bicyclic) bond motifs is 1. The fraction of sp³-hybridized carbons (Fsp3) is 0.333. The van der Waals surface area contributed by atoms with Crippen LogP contribution >= 0.6 is 0 Å². The molecule has 0 aliphatic carbocycles. The van der Waals surface area contributed by atoms with E-state index in [1.54, 1.807) is 24.3 Å². The van der Waals surface area contributed by atoms with Gasteiger partial charge in [-0.1, -0.05) is 6.42 Å². The summed E-state index contributed by atoms with van der Waals surface area (Å²) >= 11 is 0. The lowest BCUT2D eigenvalue weighted by Gasteiger charge is -2.12. The predicted octanol–water partition coefficient (Wildman–Crippen LogP) is 2.66. The minimum Gasteiger partial charge on any atom is -0.481 e. The van der Waals surface area contributed by atoms with Crippen molar-refractivity contribution in [3.05, 3.63) is 47.7 Å². The molecule has 1 unspecified atom stereocenters. The van der Waals surface area contributed by atoms with E-state index in [-0.39, 0.29) is 11.5 Å². The molecule has 5 nitrogen and oxygen atoms in total. The molecule has 20 heavy (non-hydrogen) atoms. The third kappa shape index (κ3) is 2.05. The van der Waals surface area contributed by atoms with Crippen molar-refractivity contribution in [2.45, 2.75) is 31.7 Å². The molecule has 0 saturated heterocycles. The van der Waals surface area contributed by atoms with Gasteiger partial charge in [0.05, 0.1) is 17.9 Å². The second kappa shape index (κ2) is 5.00. The number of ketones is 1. The van der Waals surface area contributed by atoms with Gasteiger partial charge in [0, 0.05) is 12.2 Å². The maximum Gasteiger partial charge on any atom is 0.312 e. The second-order valence-electron chi connectivity index (χ2n) is 4.99. The van der Waals surface area contributed by atoms with E-state index in [2.05, 4.69) is 0 Å². The first kappa shape index (κ1) is 12.7. The van der Waals surface area contributed by atoms with Gasteiger partial charge in [0.15, 0.2) is 5.76 Å². The van der Waals surface area contributed by atoms with Gasteiger partial charge in [0.1, 0.15) is 0 Å². The Balaban J connectivity index is 2.03. The van der Waals surface area contributed by atoms with Crippen LogP contribution in [-0.4, -0.2) is 21.4 Å². The lowest BCUT2D eigenvalue weighted by Crippen LogP contribution is -2.16. The zero-order chi connectivity index (χ0) is 14.1. The number of aliphatic carboxylic acids is 1. The molecule has 104 valence electrons. The van der Waals surface area contributed by atoms with E-state index in [0.29, 0.717) is 24.4 Å². The Kier molecular flexibility index (Phi) is 3.18. The molecule has 1 N–H and O–H groups in total. The number of rotatable bonds is 3. The van der Waals surface area contributed by atoms with Crippen molar-refractivity contribution in [2.75, 3.05) is 0 Å². The second-order valence-corrected chi connectivity index (χ2v) is 4.99. The molecule has 3 rings (SSSR count). The third-order valence-corrected chi connectivity index (χ3v) is 3.77. The molecule has 2 aromatic rings. The van der Waals surface area contributed by atoms with E-state index < -0.39 is 11.9 Å². The van der Waals surface area contributed by atoms with Gasteiger partial charge in [-0.25, -0.2) is 0 Å². The van der Waals surface area contributed by atoms with Crippen molar-refractivity contribution in [1.82, 2.24) is 4.57 Å². The van der Waals surface area contributed by atoms with Crippen LogP contribution in [0, 0.1) is 0 Å². The summed E-state index contributed by atoms with van der Waals surface area (Å²) in [7, 11) is 0. The number of carboxylic acids is 1. The highest BCUT2D eigenvalue weighted by molar-refractivity contribution is 6.06. The molecule has 2 aromatic heterocycles. The Labute approximate surface area is 115 Å². The monoisotopic (exact) mass is 273 g/mol. The smallest absolute Gasteiger partial charge is 0.312 e. The van der Waals surface area contributed by atoms with E-state index in [1.807, 2.05) is 4.57 Å². The summed E-state index contributed by atoms with van der Waals surface area (Å²) in [6, 6.07) is 6.73. The van der Waals surface area contributed by atoms with E-state index in [9.17, 15) is 14.7 Å². The SMILES string of the molecule is O=C(c1ccco1)c1ccc2n1CCCCC2C(=O)O. The summed E-state index contributed by atoms with van der Waals surface area (Å²) in [5.41, 5.74) is 1.22. The van der Waals surface area contributed by atoms with Gasteiger partial charge in [-0.05, 0) is 37.1 Å². The van der Waals surface area contributed by atoms with Crippen LogP contribution in [0.25, 0.3) is 0 Å². The van der Waals surface area contributed by atoms with Gasteiger partial charge in [0.25, 0.3) is 0 Å². The quantitative estimate of drug-likeness (QED) is 0.873. The summed E-state index contributed by atoms with van der Waals surface area (Å²) in [6.07, 6.45) is 3.81. The fourth-order valence-corrected chi connectivity index (χ4v) is 2.79. The van der Waals surface area contributed by atoms with Crippen LogP contribution in [0.3, 0.4) is 0 Å². The van der Waals surface area contributed by atoms with Crippen molar-refractivity contribution >= 4 is 11.8 Å². The maximum atomic E-state index is 12.4. The number of carbonyl (C=O) groups excluding carboxylic acids is 1. The van der Waals surface area contributed by atoms with Crippen molar-refractivity contribution in [3.63, 3.8) is 0 Å². The van der Waals surface area contributed by atoms with E-state index >= 15 is 0 Å². The van der Waals surface area contributed by atoms with Crippen LogP contribution in [0.2, 0.25) is 0 Å². The highest BCUT2D eigenvalue weighted by Crippen LogP contribution is 2.29. The molecule has 0 bridgehead atoms. The Morgan fingerprint density at radius 2 is 2.10 bits per heavy atom. The molecular weight excluding hydrogens is 258 g/mol. The highest BCUT2D eigenvalue weighted by Gasteiger charge is 2.28. The minimum atomic E-state index is -0.830. The number of carboxylic acid groups (broad SMARTS) is 1. The molecule has 1 aliphatic rings. The molecule has 0 spiro atoms. The average molecular weight is 273 g/mol. The number of hydrogen-bond acceptors (Lipinski definition) is 3. The van der Waals surface area contributed by atoms with E-state index in [0.717, 1.165) is 12.8 Å². The van der Waals surface area contributed by atoms with Gasteiger partial charge in [-0.2, -0.15) is 0 Å². The summed E-state index contributed by atoms with van der Waals surface area (Å²) in [6.45, 7) is 0.674. The van der Waals surface area contributed by atoms with Crippen LogP contribution in [0.5, 0.6) is 0 Å². The Morgan fingerprint density at radius 1 is 1.25 bits per heavy atom. The molecule has 0 radical (unpaired) electrons. The molecular formula is C15H15NO4. The normalized spacial score (nSPS) is 18.3.